The SMILES string of the molecule is CC(C)(C)OC(=O)c1cc(C#N)ccc1[As]C(=O)c1noc2ccc(N)cc12. The van der Waals surface area contributed by atoms with E-state index in [0.717, 1.165) is 0 Å². The molecule has 28 heavy (non-hydrogen) atoms. The molecule has 8 heteroatoms. The molecule has 0 fully saturated rings. The summed E-state index contributed by atoms with van der Waals surface area (Å²) >= 11 is -1.12. The summed E-state index contributed by atoms with van der Waals surface area (Å²) in [7, 11) is 0. The van der Waals surface area contributed by atoms with Gasteiger partial charge in [-0.05, 0) is 0 Å². The molecule has 141 valence electrons. The Hall–Kier alpha value is -3.10. The number of ether oxygens (including phenoxy) is 1. The van der Waals surface area contributed by atoms with Gasteiger partial charge in [-0.3, -0.25) is 0 Å². The molecule has 0 amide bonds. The van der Waals surface area contributed by atoms with Crippen molar-refractivity contribution in [2.45, 2.75) is 26.4 Å². The summed E-state index contributed by atoms with van der Waals surface area (Å²) in [6, 6.07) is 11.6. The van der Waals surface area contributed by atoms with Gasteiger partial charge in [-0.25, -0.2) is 0 Å². The van der Waals surface area contributed by atoms with E-state index in [-0.39, 0.29) is 15.8 Å². The molecule has 1 heterocycles. The number of benzene rings is 2. The van der Waals surface area contributed by atoms with Gasteiger partial charge in [0.2, 0.25) is 0 Å². The zero-order valence-electron chi connectivity index (χ0n) is 15.5. The van der Waals surface area contributed by atoms with E-state index < -0.39 is 27.3 Å². The fourth-order valence-corrected chi connectivity index (χ4v) is 4.38. The number of nitrogens with two attached hydrogens (primary N) is 1. The van der Waals surface area contributed by atoms with E-state index in [4.69, 9.17) is 20.3 Å². The normalized spacial score (nSPS) is 11.6. The van der Waals surface area contributed by atoms with Crippen molar-refractivity contribution in [1.29, 1.82) is 5.26 Å². The standard InChI is InChI=1S/C20H17AsN3O4/c1-20(2,3)27-19(26)13-8-11(10-22)4-6-15(13)21-18(25)17-14-9-12(23)5-7-16(14)28-24-17/h4-9H,23H2,1-3H3. The van der Waals surface area contributed by atoms with Crippen LogP contribution in [0.15, 0.2) is 40.9 Å². The number of esters is 1. The Bertz CT molecular complexity index is 1120. The number of carbonyl (C=O) groups excluding carboxylic acids is 2. The van der Waals surface area contributed by atoms with Gasteiger partial charge in [-0.1, -0.05) is 0 Å². The van der Waals surface area contributed by atoms with E-state index in [0.29, 0.717) is 26.6 Å². The zero-order valence-corrected chi connectivity index (χ0v) is 17.4. The molecular weight excluding hydrogens is 421 g/mol. The Morgan fingerprint density at radius 3 is 2.64 bits per heavy atom. The van der Waals surface area contributed by atoms with Gasteiger partial charge in [0.25, 0.3) is 0 Å². The number of anilines is 1. The molecular formula is C20H17AsN3O4. The molecule has 0 unspecified atom stereocenters. The summed E-state index contributed by atoms with van der Waals surface area (Å²) in [4.78, 5) is 25.5. The van der Waals surface area contributed by atoms with Crippen LogP contribution in [0.4, 0.5) is 5.69 Å². The van der Waals surface area contributed by atoms with Gasteiger partial charge in [0.15, 0.2) is 0 Å². The fourth-order valence-electron chi connectivity index (χ4n) is 2.47. The third kappa shape index (κ3) is 4.24. The first-order valence-electron chi connectivity index (χ1n) is 8.36. The number of hydrogen-bond acceptors (Lipinski definition) is 7. The van der Waals surface area contributed by atoms with Gasteiger partial charge in [0.1, 0.15) is 0 Å². The van der Waals surface area contributed by atoms with E-state index in [2.05, 4.69) is 5.16 Å². The van der Waals surface area contributed by atoms with Crippen LogP contribution < -0.4 is 10.1 Å². The van der Waals surface area contributed by atoms with Crippen LogP contribution in [0, 0.1) is 11.3 Å². The Morgan fingerprint density at radius 2 is 1.96 bits per heavy atom. The average Bonchev–Trinajstić information content (AvgIpc) is 3.03. The van der Waals surface area contributed by atoms with Gasteiger partial charge in [0.05, 0.1) is 0 Å². The summed E-state index contributed by atoms with van der Waals surface area (Å²) < 4.78 is 10.9. The van der Waals surface area contributed by atoms with Crippen LogP contribution in [0.5, 0.6) is 0 Å². The van der Waals surface area contributed by atoms with Crippen LogP contribution in [-0.2, 0) is 4.74 Å². The Balaban J connectivity index is 1.97. The summed E-state index contributed by atoms with van der Waals surface area (Å²) in [6.07, 6.45) is 0. The average molecular weight is 438 g/mol. The summed E-state index contributed by atoms with van der Waals surface area (Å²) in [6.45, 7) is 5.26. The van der Waals surface area contributed by atoms with Crippen LogP contribution in [0.2, 0.25) is 0 Å². The molecule has 0 bridgehead atoms. The molecule has 0 aliphatic heterocycles. The molecule has 2 aromatic carbocycles. The molecule has 0 aliphatic rings. The number of aromatic nitrogens is 1. The maximum absolute atomic E-state index is 12.9. The second kappa shape index (κ2) is 7.49. The first-order valence-corrected chi connectivity index (χ1v) is 10.2. The summed E-state index contributed by atoms with van der Waals surface area (Å²) in [5.74, 6) is -0.572. The number of rotatable bonds is 4. The molecule has 0 aliphatic carbocycles. The van der Waals surface area contributed by atoms with Gasteiger partial charge in [-0.15, -0.1) is 0 Å². The summed E-state index contributed by atoms with van der Waals surface area (Å²) in [5.41, 5.74) is 6.77. The monoisotopic (exact) mass is 438 g/mol. The van der Waals surface area contributed by atoms with E-state index in [1.807, 2.05) is 6.07 Å². The second-order valence-electron chi connectivity index (χ2n) is 7.05. The number of nitriles is 1. The van der Waals surface area contributed by atoms with Gasteiger partial charge in [-0.2, -0.15) is 0 Å². The fraction of sp³-hybridized carbons (Fsp3) is 0.200. The minimum atomic E-state index is -1.12. The number of nitrogens with zero attached hydrogens (tertiary/aromatic N) is 2. The van der Waals surface area contributed by atoms with Crippen molar-refractivity contribution in [2.24, 2.45) is 0 Å². The first kappa shape index (κ1) is 19.7. The third-order valence-electron chi connectivity index (χ3n) is 3.66. The molecule has 0 saturated heterocycles. The van der Waals surface area contributed by atoms with Crippen LogP contribution in [0.3, 0.4) is 0 Å². The number of fused-ring (bicyclic) bond motifs is 1. The van der Waals surface area contributed by atoms with Crippen LogP contribution in [0.1, 0.15) is 47.2 Å². The number of nitrogen functional groups attached to an aromatic ring is 1. The third-order valence-corrected chi connectivity index (χ3v) is 5.86. The van der Waals surface area contributed by atoms with Crippen molar-refractivity contribution in [2.75, 3.05) is 5.73 Å². The molecule has 0 spiro atoms. The van der Waals surface area contributed by atoms with Crippen molar-refractivity contribution in [3.8, 4) is 6.07 Å². The molecule has 0 atom stereocenters. The molecule has 1 aromatic heterocycles. The topological polar surface area (TPSA) is 119 Å². The van der Waals surface area contributed by atoms with Gasteiger partial charge < -0.3 is 0 Å². The predicted octanol–water partition coefficient (Wildman–Crippen LogP) is 2.41. The Kier molecular flexibility index (Phi) is 5.26. The minimum absolute atomic E-state index is 0.182. The molecule has 1 radical (unpaired) electrons. The van der Waals surface area contributed by atoms with E-state index >= 15 is 0 Å². The van der Waals surface area contributed by atoms with Crippen molar-refractivity contribution in [1.82, 2.24) is 5.16 Å². The Morgan fingerprint density at radius 1 is 1.21 bits per heavy atom. The zero-order chi connectivity index (χ0) is 20.5. The molecule has 0 saturated carbocycles. The molecule has 2 N–H and O–H groups in total. The molecule has 7 nitrogen and oxygen atoms in total. The van der Waals surface area contributed by atoms with Crippen molar-refractivity contribution >= 4 is 47.3 Å². The van der Waals surface area contributed by atoms with E-state index in [1.165, 1.54) is 6.07 Å². The van der Waals surface area contributed by atoms with Crippen LogP contribution >= 0.6 is 0 Å². The quantitative estimate of drug-likeness (QED) is 0.377. The van der Waals surface area contributed by atoms with Crippen LogP contribution in [0.25, 0.3) is 11.0 Å². The van der Waals surface area contributed by atoms with E-state index in [1.54, 1.807) is 51.1 Å². The van der Waals surface area contributed by atoms with Crippen molar-refractivity contribution in [3.05, 3.63) is 53.2 Å². The summed E-state index contributed by atoms with van der Waals surface area (Å²) in [5, 5.41) is 13.6. The molecule has 3 aromatic rings. The van der Waals surface area contributed by atoms with Crippen LogP contribution in [-0.4, -0.2) is 37.1 Å². The number of hydrogen-bond donors (Lipinski definition) is 1. The maximum atomic E-state index is 12.9. The second-order valence-corrected chi connectivity index (χ2v) is 9.38. The van der Waals surface area contributed by atoms with Gasteiger partial charge in [0, 0.05) is 0 Å². The van der Waals surface area contributed by atoms with Crippen molar-refractivity contribution < 1.29 is 18.8 Å². The van der Waals surface area contributed by atoms with Gasteiger partial charge >= 0.3 is 168 Å². The Labute approximate surface area is 168 Å². The van der Waals surface area contributed by atoms with E-state index in [9.17, 15) is 9.59 Å². The first-order chi connectivity index (χ1) is 13.2. The molecule has 3 rings (SSSR count). The number of carbonyl (C=O) groups is 2. The predicted molar refractivity (Wildman–Crippen MR) is 104 cm³/mol. The van der Waals surface area contributed by atoms with Crippen molar-refractivity contribution in [3.63, 3.8) is 0 Å².